The Morgan fingerprint density at radius 2 is 1.71 bits per heavy atom. The number of hydrogen-bond donors (Lipinski definition) is 2. The predicted octanol–water partition coefficient (Wildman–Crippen LogP) is 3.30. The van der Waals surface area contributed by atoms with E-state index in [1.807, 2.05) is 0 Å². The number of fused-ring (bicyclic) bond motifs is 1. The Balaban J connectivity index is 1.74. The quantitative estimate of drug-likeness (QED) is 0.454. The number of hydrogen-bond acceptors (Lipinski definition) is 7. The van der Waals surface area contributed by atoms with E-state index in [0.717, 1.165) is 13.2 Å². The average Bonchev–Trinajstić information content (AvgIpc) is 2.89. The third kappa shape index (κ3) is 5.53. The molecular formula is C25H21F3N4O5S. The van der Waals surface area contributed by atoms with Gasteiger partial charge in [0.15, 0.2) is 0 Å². The molecule has 1 amide bonds. The van der Waals surface area contributed by atoms with E-state index in [9.17, 15) is 31.2 Å². The fraction of sp³-hybridized carbons (Fsp3) is 0.160. The smallest absolute Gasteiger partial charge is 0.433 e. The Morgan fingerprint density at radius 3 is 2.29 bits per heavy atom. The van der Waals surface area contributed by atoms with Gasteiger partial charge in [-0.1, -0.05) is 24.3 Å². The number of primary sulfonamides is 1. The maximum atomic E-state index is 13.5. The number of ether oxygens (including phenoxy) is 1. The third-order valence-electron chi connectivity index (χ3n) is 5.72. The summed E-state index contributed by atoms with van der Waals surface area (Å²) in [6.45, 7) is -0.163. The minimum atomic E-state index is -4.71. The van der Waals surface area contributed by atoms with Crippen LogP contribution in [0.3, 0.4) is 0 Å². The summed E-state index contributed by atoms with van der Waals surface area (Å²) < 4.78 is 68.3. The van der Waals surface area contributed by atoms with Crippen LogP contribution in [0.1, 0.15) is 21.6 Å². The van der Waals surface area contributed by atoms with Crippen LogP contribution in [-0.4, -0.2) is 38.9 Å². The van der Waals surface area contributed by atoms with Gasteiger partial charge in [-0.2, -0.15) is 13.2 Å². The second kappa shape index (κ2) is 10.3. The molecule has 2 heterocycles. The van der Waals surface area contributed by atoms with Gasteiger partial charge in [-0.3, -0.25) is 9.69 Å². The Morgan fingerprint density at radius 1 is 1.05 bits per heavy atom. The van der Waals surface area contributed by atoms with E-state index in [2.05, 4.69) is 10.3 Å². The Kier molecular flexibility index (Phi) is 7.24. The molecule has 0 unspecified atom stereocenters. The van der Waals surface area contributed by atoms with E-state index in [0.29, 0.717) is 16.8 Å². The summed E-state index contributed by atoms with van der Waals surface area (Å²) in [5.41, 5.74) is 0.0535. The number of amides is 1. The molecule has 3 N–H and O–H groups in total. The number of benzene rings is 2. The first-order chi connectivity index (χ1) is 17.9. The molecule has 1 aliphatic rings. The Bertz CT molecular complexity index is 1520. The van der Waals surface area contributed by atoms with Gasteiger partial charge >= 0.3 is 12.1 Å². The van der Waals surface area contributed by atoms with E-state index < -0.39 is 33.8 Å². The molecule has 13 heteroatoms. The number of nitrogens with zero attached hydrogens (tertiary/aromatic N) is 2. The average molecular weight is 547 g/mol. The largest absolute Gasteiger partial charge is 0.464 e. The molecule has 0 fully saturated rings. The van der Waals surface area contributed by atoms with Crippen molar-refractivity contribution in [1.29, 1.82) is 0 Å². The third-order valence-corrected chi connectivity index (χ3v) is 6.65. The lowest BCUT2D eigenvalue weighted by molar-refractivity contribution is -0.141. The van der Waals surface area contributed by atoms with Crippen LogP contribution in [-0.2, 0) is 32.2 Å². The van der Waals surface area contributed by atoms with Crippen molar-refractivity contribution in [1.82, 2.24) is 10.3 Å². The molecular weight excluding hydrogens is 525 g/mol. The van der Waals surface area contributed by atoms with Crippen LogP contribution in [0.5, 0.6) is 0 Å². The van der Waals surface area contributed by atoms with Crippen molar-refractivity contribution in [2.75, 3.05) is 18.6 Å². The fourth-order valence-electron chi connectivity index (χ4n) is 3.94. The Labute approximate surface area is 215 Å². The summed E-state index contributed by atoms with van der Waals surface area (Å²) in [6.07, 6.45) is -4.70. The van der Waals surface area contributed by atoms with Crippen molar-refractivity contribution in [3.8, 4) is 0 Å². The van der Waals surface area contributed by atoms with E-state index in [-0.39, 0.29) is 34.9 Å². The standard InChI is InChI=1S/C25H21F3N4O5S/c1-37-24(34)21-17(14-30-23(33)15-7-10-19(11-8-15)38(29,35)36)13-16-9-12-20(25(26,27)28)31-22(16)32(21)18-5-3-2-4-6-18/h2-12H,13-14H2,1H3,(H,30,33)(H2,29,35,36). The molecule has 9 nitrogen and oxygen atoms in total. The number of methoxy groups -OCH3 is 1. The summed E-state index contributed by atoms with van der Waals surface area (Å²) in [5, 5.41) is 7.74. The monoisotopic (exact) mass is 546 g/mol. The molecule has 1 aliphatic heterocycles. The topological polar surface area (TPSA) is 132 Å². The number of esters is 1. The van der Waals surface area contributed by atoms with E-state index in [4.69, 9.17) is 9.88 Å². The lowest BCUT2D eigenvalue weighted by atomic mass is 9.96. The van der Waals surface area contributed by atoms with Crippen LogP contribution < -0.4 is 15.4 Å². The van der Waals surface area contributed by atoms with Crippen LogP contribution in [0.25, 0.3) is 0 Å². The molecule has 3 aromatic rings. The highest BCUT2D eigenvalue weighted by atomic mass is 32.2. The molecule has 38 heavy (non-hydrogen) atoms. The van der Waals surface area contributed by atoms with Gasteiger partial charge in [0, 0.05) is 24.2 Å². The van der Waals surface area contributed by atoms with Gasteiger partial charge in [-0.05, 0) is 53.6 Å². The number of carbonyl (C=O) groups excluding carboxylic acids is 2. The van der Waals surface area contributed by atoms with Crippen LogP contribution in [0.15, 0.2) is 82.9 Å². The zero-order valence-corrected chi connectivity index (χ0v) is 20.6. The zero-order valence-electron chi connectivity index (χ0n) is 19.8. The lowest BCUT2D eigenvalue weighted by Gasteiger charge is -2.33. The highest BCUT2D eigenvalue weighted by Gasteiger charge is 2.37. The van der Waals surface area contributed by atoms with Gasteiger partial charge in [0.05, 0.1) is 12.0 Å². The number of rotatable bonds is 6. The molecule has 0 saturated carbocycles. The second-order valence-corrected chi connectivity index (χ2v) is 9.78. The summed E-state index contributed by atoms with van der Waals surface area (Å²) in [6, 6.07) is 15.3. The number of nitrogens with two attached hydrogens (primary N) is 1. The number of sulfonamides is 1. The van der Waals surface area contributed by atoms with Gasteiger partial charge < -0.3 is 10.1 Å². The van der Waals surface area contributed by atoms with Crippen molar-refractivity contribution >= 4 is 33.4 Å². The number of halogens is 3. The van der Waals surface area contributed by atoms with Gasteiger partial charge in [0.2, 0.25) is 10.0 Å². The first-order valence-electron chi connectivity index (χ1n) is 11.0. The van der Waals surface area contributed by atoms with E-state index >= 15 is 0 Å². The highest BCUT2D eigenvalue weighted by Crippen LogP contribution is 2.40. The van der Waals surface area contributed by atoms with Gasteiger partial charge in [-0.25, -0.2) is 23.3 Å². The molecule has 0 atom stereocenters. The molecule has 0 bridgehead atoms. The molecule has 0 saturated heterocycles. The number of anilines is 2. The highest BCUT2D eigenvalue weighted by molar-refractivity contribution is 7.89. The van der Waals surface area contributed by atoms with E-state index in [1.54, 1.807) is 30.3 Å². The lowest BCUT2D eigenvalue weighted by Crippen LogP contribution is -2.35. The number of pyridine rings is 1. The summed E-state index contributed by atoms with van der Waals surface area (Å²) in [5.74, 6) is -1.49. The van der Waals surface area contributed by atoms with Gasteiger partial charge in [-0.15, -0.1) is 0 Å². The number of alkyl halides is 3. The maximum Gasteiger partial charge on any atom is 0.433 e. The minimum Gasteiger partial charge on any atom is -0.464 e. The number of aromatic nitrogens is 1. The minimum absolute atomic E-state index is 0.0128. The van der Waals surface area contributed by atoms with Crippen molar-refractivity contribution in [3.63, 3.8) is 0 Å². The number of para-hydroxylation sites is 1. The first-order valence-corrected chi connectivity index (χ1v) is 12.6. The van der Waals surface area contributed by atoms with Crippen molar-refractivity contribution < 1.29 is 35.9 Å². The summed E-state index contributed by atoms with van der Waals surface area (Å²) >= 11 is 0. The zero-order chi connectivity index (χ0) is 27.7. The van der Waals surface area contributed by atoms with Gasteiger partial charge in [0.1, 0.15) is 17.2 Å². The predicted molar refractivity (Wildman–Crippen MR) is 131 cm³/mol. The van der Waals surface area contributed by atoms with Crippen molar-refractivity contribution in [2.24, 2.45) is 5.14 Å². The Hall–Kier alpha value is -4.23. The molecule has 0 spiro atoms. The maximum absolute atomic E-state index is 13.5. The number of nitrogens with one attached hydrogen (secondary N) is 1. The van der Waals surface area contributed by atoms with Crippen molar-refractivity contribution in [3.05, 3.63) is 94.8 Å². The summed E-state index contributed by atoms with van der Waals surface area (Å²) in [4.78, 5) is 30.6. The molecule has 198 valence electrons. The van der Waals surface area contributed by atoms with E-state index in [1.165, 1.54) is 35.2 Å². The normalized spacial score (nSPS) is 13.7. The molecule has 2 aromatic carbocycles. The fourth-order valence-corrected chi connectivity index (χ4v) is 4.45. The molecule has 1 aromatic heterocycles. The first kappa shape index (κ1) is 26.8. The van der Waals surface area contributed by atoms with Crippen LogP contribution in [0.4, 0.5) is 24.7 Å². The van der Waals surface area contributed by atoms with Gasteiger partial charge in [0.25, 0.3) is 5.91 Å². The van der Waals surface area contributed by atoms with Crippen LogP contribution in [0.2, 0.25) is 0 Å². The van der Waals surface area contributed by atoms with Crippen molar-refractivity contribution in [2.45, 2.75) is 17.5 Å². The summed E-state index contributed by atoms with van der Waals surface area (Å²) in [7, 11) is -2.80. The second-order valence-electron chi connectivity index (χ2n) is 8.22. The molecule has 0 radical (unpaired) electrons. The van der Waals surface area contributed by atoms with Crippen LogP contribution in [0, 0.1) is 0 Å². The molecule has 0 aliphatic carbocycles. The number of carbonyl (C=O) groups is 2. The SMILES string of the molecule is COC(=O)C1=C(CNC(=O)c2ccc(S(N)(=O)=O)cc2)Cc2ccc(C(F)(F)F)nc2N1c1ccccc1. The van der Waals surface area contributed by atoms with Crippen LogP contribution >= 0.6 is 0 Å². The molecule has 4 rings (SSSR count).